The van der Waals surface area contributed by atoms with Gasteiger partial charge >= 0.3 is 0 Å². The molecule has 5 aromatic rings. The van der Waals surface area contributed by atoms with Gasteiger partial charge in [0.15, 0.2) is 11.5 Å². The molecule has 3 heterocycles. The summed E-state index contributed by atoms with van der Waals surface area (Å²) in [5.41, 5.74) is -0.0722. The standard InChI is InChI=1S/C22H15F3N6O/c1-11(30-21-18-20(27-9-26-18)28-10-29-21)17-7-12-5-6-13(23)8-14(12)22(32)31(17)19-15(24)3-2-4-16(19)25/h2-11H,1H3,(H2,26,27,28,29,30). The molecule has 2 N–H and O–H groups in total. The third-order valence-corrected chi connectivity index (χ3v) is 5.19. The molecule has 0 saturated carbocycles. The summed E-state index contributed by atoms with van der Waals surface area (Å²) in [5, 5.41) is 3.56. The number of aromatic nitrogens is 5. The van der Waals surface area contributed by atoms with E-state index in [2.05, 4.69) is 25.3 Å². The molecule has 0 aliphatic heterocycles. The highest BCUT2D eigenvalue weighted by Gasteiger charge is 2.22. The number of halogens is 3. The zero-order chi connectivity index (χ0) is 22.4. The molecule has 1 atom stereocenters. The lowest BCUT2D eigenvalue weighted by atomic mass is 10.1. The van der Waals surface area contributed by atoms with Gasteiger partial charge in [-0.15, -0.1) is 0 Å². The van der Waals surface area contributed by atoms with Gasteiger partial charge in [-0.05, 0) is 42.6 Å². The fourth-order valence-corrected chi connectivity index (χ4v) is 3.70. The molecule has 0 bridgehead atoms. The number of imidazole rings is 1. The Labute approximate surface area is 178 Å². The summed E-state index contributed by atoms with van der Waals surface area (Å²) < 4.78 is 44.2. The van der Waals surface area contributed by atoms with E-state index >= 15 is 0 Å². The van der Waals surface area contributed by atoms with Crippen molar-refractivity contribution in [3.8, 4) is 5.69 Å². The minimum Gasteiger partial charge on any atom is -0.360 e. The van der Waals surface area contributed by atoms with Crippen LogP contribution in [0.1, 0.15) is 18.7 Å². The van der Waals surface area contributed by atoms with Crippen molar-refractivity contribution in [1.29, 1.82) is 0 Å². The van der Waals surface area contributed by atoms with Gasteiger partial charge in [-0.25, -0.2) is 28.1 Å². The molecule has 10 heteroatoms. The lowest BCUT2D eigenvalue weighted by Gasteiger charge is -2.22. The fraction of sp³-hybridized carbons (Fsp3) is 0.0909. The van der Waals surface area contributed by atoms with Gasteiger partial charge in [-0.1, -0.05) is 12.1 Å². The summed E-state index contributed by atoms with van der Waals surface area (Å²) in [5.74, 6) is -2.10. The predicted octanol–water partition coefficient (Wildman–Crippen LogP) is 4.25. The number of hydrogen-bond donors (Lipinski definition) is 2. The van der Waals surface area contributed by atoms with E-state index in [9.17, 15) is 18.0 Å². The summed E-state index contributed by atoms with van der Waals surface area (Å²) >= 11 is 0. The number of nitrogens with zero attached hydrogens (tertiary/aromatic N) is 4. The van der Waals surface area contributed by atoms with Crippen LogP contribution in [0, 0.1) is 17.5 Å². The van der Waals surface area contributed by atoms with Gasteiger partial charge in [0, 0.05) is 5.69 Å². The highest BCUT2D eigenvalue weighted by atomic mass is 19.1. The maximum absolute atomic E-state index is 14.7. The molecule has 0 aliphatic carbocycles. The van der Waals surface area contributed by atoms with E-state index in [0.717, 1.165) is 22.8 Å². The number of rotatable bonds is 4. The average molecular weight is 436 g/mol. The van der Waals surface area contributed by atoms with Gasteiger partial charge in [0.1, 0.15) is 35.0 Å². The molecule has 0 aliphatic rings. The van der Waals surface area contributed by atoms with Crippen molar-refractivity contribution in [2.45, 2.75) is 13.0 Å². The molecule has 3 aromatic heterocycles. The predicted molar refractivity (Wildman–Crippen MR) is 113 cm³/mol. The third kappa shape index (κ3) is 3.16. The van der Waals surface area contributed by atoms with Crippen molar-refractivity contribution in [3.05, 3.63) is 88.6 Å². The average Bonchev–Trinajstić information content (AvgIpc) is 3.25. The van der Waals surface area contributed by atoms with Crippen molar-refractivity contribution in [2.24, 2.45) is 0 Å². The number of benzene rings is 2. The second kappa shape index (κ2) is 7.49. The number of aromatic amines is 1. The van der Waals surface area contributed by atoms with Gasteiger partial charge in [0.05, 0.1) is 17.8 Å². The van der Waals surface area contributed by atoms with E-state index < -0.39 is 34.7 Å². The number of para-hydroxylation sites is 1. The van der Waals surface area contributed by atoms with E-state index in [1.165, 1.54) is 30.9 Å². The minimum absolute atomic E-state index is 0.000306. The summed E-state index contributed by atoms with van der Waals surface area (Å²) in [7, 11) is 0. The van der Waals surface area contributed by atoms with E-state index in [4.69, 9.17) is 0 Å². The zero-order valence-electron chi connectivity index (χ0n) is 16.6. The van der Waals surface area contributed by atoms with Gasteiger partial charge in [0.2, 0.25) is 0 Å². The maximum Gasteiger partial charge on any atom is 0.263 e. The Balaban J connectivity index is 1.75. The number of H-pyrrole nitrogens is 1. The van der Waals surface area contributed by atoms with Crippen LogP contribution in [0.3, 0.4) is 0 Å². The van der Waals surface area contributed by atoms with Crippen LogP contribution in [0.2, 0.25) is 0 Å². The SMILES string of the molecule is CC(Nc1ncnc2[nH]cnc12)c1cc2ccc(F)cc2c(=O)n1-c1c(F)cccc1F. The maximum atomic E-state index is 14.7. The van der Waals surface area contributed by atoms with Gasteiger partial charge in [-0.3, -0.25) is 9.36 Å². The fourth-order valence-electron chi connectivity index (χ4n) is 3.70. The first-order valence-corrected chi connectivity index (χ1v) is 9.64. The van der Waals surface area contributed by atoms with Crippen molar-refractivity contribution < 1.29 is 13.2 Å². The second-order valence-electron chi connectivity index (χ2n) is 7.20. The Morgan fingerprint density at radius 1 is 1.03 bits per heavy atom. The second-order valence-corrected chi connectivity index (χ2v) is 7.20. The molecule has 0 fully saturated rings. The number of pyridine rings is 1. The number of anilines is 1. The molecule has 5 rings (SSSR count). The molecule has 0 amide bonds. The van der Waals surface area contributed by atoms with Gasteiger partial charge < -0.3 is 10.3 Å². The van der Waals surface area contributed by atoms with Crippen LogP contribution in [0.4, 0.5) is 19.0 Å². The van der Waals surface area contributed by atoms with Crippen molar-refractivity contribution in [1.82, 2.24) is 24.5 Å². The largest absolute Gasteiger partial charge is 0.360 e. The van der Waals surface area contributed by atoms with Crippen molar-refractivity contribution >= 4 is 27.8 Å². The van der Waals surface area contributed by atoms with E-state index in [1.807, 2.05) is 0 Å². The first-order chi connectivity index (χ1) is 15.4. The minimum atomic E-state index is -0.923. The first-order valence-electron chi connectivity index (χ1n) is 9.64. The lowest BCUT2D eigenvalue weighted by Crippen LogP contribution is -2.27. The molecule has 32 heavy (non-hydrogen) atoms. The number of hydrogen-bond acceptors (Lipinski definition) is 5. The summed E-state index contributed by atoms with van der Waals surface area (Å²) in [6, 6.07) is 7.97. The Morgan fingerprint density at radius 3 is 2.59 bits per heavy atom. The Hall–Kier alpha value is -4.21. The third-order valence-electron chi connectivity index (χ3n) is 5.19. The monoisotopic (exact) mass is 436 g/mol. The molecule has 1 unspecified atom stereocenters. The van der Waals surface area contributed by atoms with Crippen LogP contribution in [0.5, 0.6) is 0 Å². The lowest BCUT2D eigenvalue weighted by molar-refractivity contribution is 0.561. The van der Waals surface area contributed by atoms with E-state index in [-0.39, 0.29) is 11.1 Å². The Kier molecular flexibility index (Phi) is 4.62. The normalized spacial score (nSPS) is 12.4. The van der Waals surface area contributed by atoms with Crippen molar-refractivity contribution in [3.63, 3.8) is 0 Å². The Bertz CT molecular complexity index is 1520. The first kappa shape index (κ1) is 19.7. The molecule has 7 nitrogen and oxygen atoms in total. The smallest absolute Gasteiger partial charge is 0.263 e. The molecule has 0 saturated heterocycles. The Morgan fingerprint density at radius 2 is 1.81 bits per heavy atom. The number of fused-ring (bicyclic) bond motifs is 2. The van der Waals surface area contributed by atoms with Crippen LogP contribution in [0.25, 0.3) is 27.6 Å². The molecular formula is C22H15F3N6O. The van der Waals surface area contributed by atoms with Crippen LogP contribution >= 0.6 is 0 Å². The highest BCUT2D eigenvalue weighted by Crippen LogP contribution is 2.27. The molecule has 0 radical (unpaired) electrons. The number of nitrogens with one attached hydrogen (secondary N) is 2. The summed E-state index contributed by atoms with van der Waals surface area (Å²) in [6.07, 6.45) is 2.80. The van der Waals surface area contributed by atoms with Crippen LogP contribution in [-0.4, -0.2) is 24.5 Å². The molecule has 2 aromatic carbocycles. The van der Waals surface area contributed by atoms with E-state index in [0.29, 0.717) is 22.4 Å². The molecular weight excluding hydrogens is 421 g/mol. The quantitative estimate of drug-likeness (QED) is 0.440. The van der Waals surface area contributed by atoms with E-state index in [1.54, 1.807) is 13.0 Å². The summed E-state index contributed by atoms with van der Waals surface area (Å²) in [4.78, 5) is 28.6. The van der Waals surface area contributed by atoms with Crippen LogP contribution < -0.4 is 10.9 Å². The highest BCUT2D eigenvalue weighted by molar-refractivity contribution is 5.84. The molecule has 0 spiro atoms. The summed E-state index contributed by atoms with van der Waals surface area (Å²) in [6.45, 7) is 1.71. The topological polar surface area (TPSA) is 88.5 Å². The molecule has 160 valence electrons. The van der Waals surface area contributed by atoms with Gasteiger partial charge in [0.25, 0.3) is 5.56 Å². The van der Waals surface area contributed by atoms with Gasteiger partial charge in [-0.2, -0.15) is 0 Å². The van der Waals surface area contributed by atoms with Crippen molar-refractivity contribution in [2.75, 3.05) is 5.32 Å². The van der Waals surface area contributed by atoms with Crippen LogP contribution in [0.15, 0.2) is 59.9 Å². The zero-order valence-corrected chi connectivity index (χ0v) is 16.6. The van der Waals surface area contributed by atoms with Crippen LogP contribution in [-0.2, 0) is 0 Å².